The number of nitrogens with one attached hydrogen (secondary N) is 1. The molecule has 1 aromatic rings. The number of benzene rings is 1. The molecule has 1 aromatic carbocycles. The largest absolute Gasteiger partial charge is 0.487 e. The van der Waals surface area contributed by atoms with Gasteiger partial charge in [0.2, 0.25) is 0 Å². The normalized spacial score (nSPS) is 13.0. The van der Waals surface area contributed by atoms with Gasteiger partial charge in [0, 0.05) is 18.2 Å². The molecule has 0 amide bonds. The summed E-state index contributed by atoms with van der Waals surface area (Å²) >= 11 is 0. The molecular weight excluding hydrogens is 268 g/mol. The Labute approximate surface area is 126 Å². The van der Waals surface area contributed by atoms with Crippen LogP contribution in [0.25, 0.3) is 0 Å². The summed E-state index contributed by atoms with van der Waals surface area (Å²) in [6.45, 7) is 11.5. The second-order valence-electron chi connectivity index (χ2n) is 6.49. The van der Waals surface area contributed by atoms with Gasteiger partial charge in [-0.2, -0.15) is 0 Å². The number of rotatable bonds is 7. The van der Waals surface area contributed by atoms with Crippen molar-refractivity contribution in [2.45, 2.75) is 53.1 Å². The van der Waals surface area contributed by atoms with Crippen LogP contribution in [-0.2, 0) is 6.54 Å². The lowest BCUT2D eigenvalue weighted by Gasteiger charge is -2.20. The molecule has 1 unspecified atom stereocenters. The maximum atomic E-state index is 11.1. The van der Waals surface area contributed by atoms with Crippen LogP contribution in [0.2, 0.25) is 0 Å². The molecule has 0 saturated carbocycles. The lowest BCUT2D eigenvalue weighted by molar-refractivity contribution is -0.385. The molecule has 118 valence electrons. The summed E-state index contributed by atoms with van der Waals surface area (Å²) in [5.74, 6) is 0.731. The molecule has 1 rings (SSSR count). The molecule has 21 heavy (non-hydrogen) atoms. The van der Waals surface area contributed by atoms with E-state index in [1.807, 2.05) is 0 Å². The van der Waals surface area contributed by atoms with Gasteiger partial charge in [0.15, 0.2) is 5.75 Å². The van der Waals surface area contributed by atoms with Gasteiger partial charge in [-0.15, -0.1) is 0 Å². The van der Waals surface area contributed by atoms with Crippen LogP contribution >= 0.6 is 0 Å². The van der Waals surface area contributed by atoms with Crippen molar-refractivity contribution in [3.8, 4) is 5.75 Å². The minimum Gasteiger partial charge on any atom is -0.487 e. The van der Waals surface area contributed by atoms with Gasteiger partial charge in [0.05, 0.1) is 11.5 Å². The second kappa shape index (κ2) is 7.41. The van der Waals surface area contributed by atoms with E-state index >= 15 is 0 Å². The number of hydrogen-bond donors (Lipinski definition) is 1. The van der Waals surface area contributed by atoms with Crippen LogP contribution in [-0.4, -0.2) is 17.1 Å². The standard InChI is InChI=1S/C16H26N2O3/c1-6-12(2)11-21-15-9-13(10-17-16(3,4)5)7-8-14(15)18(19)20/h7-9,12,17H,6,10-11H2,1-5H3. The molecule has 5 nitrogen and oxygen atoms in total. The van der Waals surface area contributed by atoms with Crippen molar-refractivity contribution in [3.05, 3.63) is 33.9 Å². The fraction of sp³-hybridized carbons (Fsp3) is 0.625. The number of nitro benzene ring substituents is 1. The van der Waals surface area contributed by atoms with E-state index in [0.717, 1.165) is 12.0 Å². The van der Waals surface area contributed by atoms with E-state index in [9.17, 15) is 10.1 Å². The van der Waals surface area contributed by atoms with E-state index in [-0.39, 0.29) is 11.2 Å². The van der Waals surface area contributed by atoms with Crippen molar-refractivity contribution >= 4 is 5.69 Å². The summed E-state index contributed by atoms with van der Waals surface area (Å²) in [7, 11) is 0. The average molecular weight is 294 g/mol. The Hall–Kier alpha value is -1.62. The SMILES string of the molecule is CCC(C)COc1cc(CNC(C)(C)C)ccc1[N+](=O)[O-]. The highest BCUT2D eigenvalue weighted by Gasteiger charge is 2.17. The molecule has 0 aliphatic heterocycles. The van der Waals surface area contributed by atoms with Crippen molar-refractivity contribution in [1.82, 2.24) is 5.32 Å². The molecule has 0 saturated heterocycles. The smallest absolute Gasteiger partial charge is 0.310 e. The minimum absolute atomic E-state index is 0.000476. The van der Waals surface area contributed by atoms with E-state index in [4.69, 9.17) is 4.74 Å². The van der Waals surface area contributed by atoms with Gasteiger partial charge in [0.25, 0.3) is 0 Å². The third-order valence-electron chi connectivity index (χ3n) is 3.26. The Morgan fingerprint density at radius 1 is 1.38 bits per heavy atom. The molecule has 0 fully saturated rings. The van der Waals surface area contributed by atoms with Gasteiger partial charge < -0.3 is 10.1 Å². The lowest BCUT2D eigenvalue weighted by Crippen LogP contribution is -2.35. The second-order valence-corrected chi connectivity index (χ2v) is 6.49. The van der Waals surface area contributed by atoms with E-state index in [1.165, 1.54) is 6.07 Å². The van der Waals surface area contributed by atoms with Crippen LogP contribution in [0.5, 0.6) is 5.75 Å². The first-order valence-corrected chi connectivity index (χ1v) is 7.38. The zero-order valence-corrected chi connectivity index (χ0v) is 13.6. The highest BCUT2D eigenvalue weighted by Crippen LogP contribution is 2.28. The van der Waals surface area contributed by atoms with Gasteiger partial charge in [-0.25, -0.2) is 0 Å². The maximum absolute atomic E-state index is 11.1. The molecular formula is C16H26N2O3. The third kappa shape index (κ3) is 6.12. The van der Waals surface area contributed by atoms with Crippen LogP contribution in [0, 0.1) is 16.0 Å². The minimum atomic E-state index is -0.396. The summed E-state index contributed by atoms with van der Waals surface area (Å²) < 4.78 is 5.65. The first-order chi connectivity index (χ1) is 9.73. The summed E-state index contributed by atoms with van der Waals surface area (Å²) in [4.78, 5) is 10.7. The van der Waals surface area contributed by atoms with E-state index in [0.29, 0.717) is 24.8 Å². The van der Waals surface area contributed by atoms with Crippen molar-refractivity contribution in [2.24, 2.45) is 5.92 Å². The molecule has 0 spiro atoms. The maximum Gasteiger partial charge on any atom is 0.310 e. The lowest BCUT2D eigenvalue weighted by atomic mass is 10.1. The first-order valence-electron chi connectivity index (χ1n) is 7.38. The monoisotopic (exact) mass is 294 g/mol. The van der Waals surface area contributed by atoms with Gasteiger partial charge in [0.1, 0.15) is 0 Å². The quantitative estimate of drug-likeness (QED) is 0.611. The molecule has 1 atom stereocenters. The Morgan fingerprint density at radius 2 is 2.05 bits per heavy atom. The van der Waals surface area contributed by atoms with E-state index < -0.39 is 4.92 Å². The number of hydrogen-bond acceptors (Lipinski definition) is 4. The van der Waals surface area contributed by atoms with Gasteiger partial charge in [-0.1, -0.05) is 26.3 Å². The fourth-order valence-corrected chi connectivity index (χ4v) is 1.65. The zero-order valence-electron chi connectivity index (χ0n) is 13.6. The summed E-state index contributed by atoms with van der Waals surface area (Å²) in [6.07, 6.45) is 0.985. The molecule has 0 heterocycles. The van der Waals surface area contributed by atoms with Crippen molar-refractivity contribution in [2.75, 3.05) is 6.61 Å². The van der Waals surface area contributed by atoms with E-state index in [1.54, 1.807) is 12.1 Å². The predicted octanol–water partition coefficient (Wildman–Crippen LogP) is 3.91. The number of nitrogens with zero attached hydrogens (tertiary/aromatic N) is 1. The third-order valence-corrected chi connectivity index (χ3v) is 3.26. The topological polar surface area (TPSA) is 64.4 Å². The van der Waals surface area contributed by atoms with Gasteiger partial charge in [-0.05, 0) is 38.3 Å². The molecule has 0 aromatic heterocycles. The first kappa shape index (κ1) is 17.4. The fourth-order valence-electron chi connectivity index (χ4n) is 1.65. The zero-order chi connectivity index (χ0) is 16.0. The number of ether oxygens (including phenoxy) is 1. The van der Waals surface area contributed by atoms with Crippen molar-refractivity contribution in [1.29, 1.82) is 0 Å². The molecule has 0 bridgehead atoms. The number of nitro groups is 1. The van der Waals surface area contributed by atoms with Crippen molar-refractivity contribution < 1.29 is 9.66 Å². The molecule has 0 aliphatic carbocycles. The average Bonchev–Trinajstić information content (AvgIpc) is 2.41. The van der Waals surface area contributed by atoms with Crippen LogP contribution in [0.3, 0.4) is 0 Å². The predicted molar refractivity (Wildman–Crippen MR) is 84.6 cm³/mol. The molecule has 0 aliphatic rings. The molecule has 1 N–H and O–H groups in total. The summed E-state index contributed by atoms with van der Waals surface area (Å²) in [5, 5.41) is 14.4. The molecule has 5 heteroatoms. The Bertz CT molecular complexity index is 481. The summed E-state index contributed by atoms with van der Waals surface area (Å²) in [5.41, 5.74) is 1.01. The van der Waals surface area contributed by atoms with Crippen LogP contribution < -0.4 is 10.1 Å². The summed E-state index contributed by atoms with van der Waals surface area (Å²) in [6, 6.07) is 5.05. The van der Waals surface area contributed by atoms with Crippen LogP contribution in [0.4, 0.5) is 5.69 Å². The van der Waals surface area contributed by atoms with Gasteiger partial charge >= 0.3 is 5.69 Å². The van der Waals surface area contributed by atoms with E-state index in [2.05, 4.69) is 39.9 Å². The van der Waals surface area contributed by atoms with Crippen LogP contribution in [0.15, 0.2) is 18.2 Å². The Morgan fingerprint density at radius 3 is 2.57 bits per heavy atom. The Kier molecular flexibility index (Phi) is 6.15. The van der Waals surface area contributed by atoms with Gasteiger partial charge in [-0.3, -0.25) is 10.1 Å². The highest BCUT2D eigenvalue weighted by molar-refractivity contribution is 5.48. The van der Waals surface area contributed by atoms with Crippen molar-refractivity contribution in [3.63, 3.8) is 0 Å². The highest BCUT2D eigenvalue weighted by atomic mass is 16.6. The van der Waals surface area contributed by atoms with Crippen LogP contribution in [0.1, 0.15) is 46.6 Å². The molecule has 0 radical (unpaired) electrons. The Balaban J connectivity index is 2.87.